The predicted molar refractivity (Wildman–Crippen MR) is 61.2 cm³/mol. The van der Waals surface area contributed by atoms with Gasteiger partial charge in [-0.05, 0) is 27.1 Å². The van der Waals surface area contributed by atoms with Crippen LogP contribution in [0.1, 0.15) is 20.8 Å². The second-order valence-electron chi connectivity index (χ2n) is 3.60. The minimum atomic E-state index is -0.347. The Morgan fingerprint density at radius 1 is 1.36 bits per heavy atom. The van der Waals surface area contributed by atoms with Crippen molar-refractivity contribution in [3.05, 3.63) is 12.7 Å². The molecule has 3 heteroatoms. The third kappa shape index (κ3) is 3.78. The molecule has 0 aromatic rings. The number of rotatable bonds is 7. The Kier molecular flexibility index (Phi) is 6.79. The van der Waals surface area contributed by atoms with Crippen molar-refractivity contribution in [2.75, 3.05) is 26.7 Å². The lowest BCUT2D eigenvalue weighted by atomic mass is 10.2. The van der Waals surface area contributed by atoms with Gasteiger partial charge in [-0.3, -0.25) is 9.80 Å². The predicted octanol–water partition coefficient (Wildman–Crippen LogP) is 1.15. The van der Waals surface area contributed by atoms with Gasteiger partial charge >= 0.3 is 0 Å². The molecule has 0 spiro atoms. The Morgan fingerprint density at radius 3 is 2.21 bits per heavy atom. The highest BCUT2D eigenvalue weighted by Crippen LogP contribution is 2.08. The minimum Gasteiger partial charge on any atom is -0.390 e. The summed E-state index contributed by atoms with van der Waals surface area (Å²) in [6.45, 7) is 12.4. The molecule has 2 unspecified atom stereocenters. The zero-order valence-corrected chi connectivity index (χ0v) is 9.90. The van der Waals surface area contributed by atoms with E-state index in [9.17, 15) is 5.11 Å². The summed E-state index contributed by atoms with van der Waals surface area (Å²) in [5.74, 6) is 0. The fourth-order valence-electron chi connectivity index (χ4n) is 1.73. The molecule has 0 bridgehead atoms. The standard InChI is InChI=1S/C11H24N2O/c1-6-9-13(8-3)11(10(4)14)12(5)7-2/h6,10-11,14H,1,7-9H2,2-5H3. The lowest BCUT2D eigenvalue weighted by Gasteiger charge is -2.38. The highest BCUT2D eigenvalue weighted by molar-refractivity contribution is 4.80. The summed E-state index contributed by atoms with van der Waals surface area (Å²) in [7, 11) is 2.03. The van der Waals surface area contributed by atoms with E-state index in [2.05, 4.69) is 30.2 Å². The van der Waals surface area contributed by atoms with Gasteiger partial charge in [-0.15, -0.1) is 6.58 Å². The molecule has 0 heterocycles. The van der Waals surface area contributed by atoms with Gasteiger partial charge in [0.25, 0.3) is 0 Å². The van der Waals surface area contributed by atoms with Crippen LogP contribution in [0, 0.1) is 0 Å². The Morgan fingerprint density at radius 2 is 1.93 bits per heavy atom. The van der Waals surface area contributed by atoms with Gasteiger partial charge in [0.1, 0.15) is 0 Å². The van der Waals surface area contributed by atoms with Crippen LogP contribution in [0.2, 0.25) is 0 Å². The summed E-state index contributed by atoms with van der Waals surface area (Å²) in [5.41, 5.74) is 0. The Hall–Kier alpha value is -0.380. The number of likely N-dealkylation sites (N-methyl/N-ethyl adjacent to an activating group) is 2. The molecule has 0 rings (SSSR count). The van der Waals surface area contributed by atoms with Gasteiger partial charge in [-0.2, -0.15) is 0 Å². The average molecular weight is 200 g/mol. The Bertz CT molecular complexity index is 159. The summed E-state index contributed by atoms with van der Waals surface area (Å²) in [6.07, 6.45) is 1.62. The van der Waals surface area contributed by atoms with E-state index in [4.69, 9.17) is 0 Å². The van der Waals surface area contributed by atoms with Crippen molar-refractivity contribution < 1.29 is 5.11 Å². The van der Waals surface area contributed by atoms with E-state index in [-0.39, 0.29) is 12.3 Å². The minimum absolute atomic E-state index is 0.0861. The van der Waals surface area contributed by atoms with E-state index in [1.807, 2.05) is 20.0 Å². The van der Waals surface area contributed by atoms with Crippen LogP contribution >= 0.6 is 0 Å². The zero-order chi connectivity index (χ0) is 11.1. The van der Waals surface area contributed by atoms with Gasteiger partial charge in [-0.1, -0.05) is 19.9 Å². The lowest BCUT2D eigenvalue weighted by molar-refractivity contribution is -0.0185. The maximum absolute atomic E-state index is 9.72. The molecule has 0 fully saturated rings. The fraction of sp³-hybridized carbons (Fsp3) is 0.818. The maximum Gasteiger partial charge on any atom is 0.0887 e. The molecular formula is C11H24N2O. The second kappa shape index (κ2) is 6.98. The third-order valence-corrected chi connectivity index (χ3v) is 2.53. The monoisotopic (exact) mass is 200 g/mol. The van der Waals surface area contributed by atoms with E-state index in [0.717, 1.165) is 19.6 Å². The number of hydrogen-bond donors (Lipinski definition) is 1. The van der Waals surface area contributed by atoms with Crippen LogP contribution in [-0.4, -0.2) is 53.9 Å². The van der Waals surface area contributed by atoms with Crippen LogP contribution in [-0.2, 0) is 0 Å². The topological polar surface area (TPSA) is 26.7 Å². The first-order valence-electron chi connectivity index (χ1n) is 5.31. The number of aliphatic hydroxyl groups is 1. The molecule has 14 heavy (non-hydrogen) atoms. The number of hydrogen-bond acceptors (Lipinski definition) is 3. The fourth-order valence-corrected chi connectivity index (χ4v) is 1.73. The third-order valence-electron chi connectivity index (χ3n) is 2.53. The van der Waals surface area contributed by atoms with Gasteiger partial charge in [0.2, 0.25) is 0 Å². The first-order chi connectivity index (χ1) is 6.58. The molecule has 0 aliphatic heterocycles. The van der Waals surface area contributed by atoms with Crippen molar-refractivity contribution in [1.82, 2.24) is 9.80 Å². The van der Waals surface area contributed by atoms with Gasteiger partial charge in [-0.25, -0.2) is 0 Å². The Balaban J connectivity index is 4.50. The summed E-state index contributed by atoms with van der Waals surface area (Å²) in [5, 5.41) is 9.72. The van der Waals surface area contributed by atoms with Crippen LogP contribution in [0.15, 0.2) is 12.7 Å². The highest BCUT2D eigenvalue weighted by atomic mass is 16.3. The SMILES string of the molecule is C=CCN(CC)C(C(C)O)N(C)CC. The van der Waals surface area contributed by atoms with E-state index >= 15 is 0 Å². The summed E-state index contributed by atoms with van der Waals surface area (Å²) < 4.78 is 0. The maximum atomic E-state index is 9.72. The molecule has 0 aromatic heterocycles. The van der Waals surface area contributed by atoms with Gasteiger partial charge in [0.15, 0.2) is 0 Å². The van der Waals surface area contributed by atoms with Crippen molar-refractivity contribution in [3.8, 4) is 0 Å². The first kappa shape index (κ1) is 13.6. The van der Waals surface area contributed by atoms with Crippen molar-refractivity contribution in [2.24, 2.45) is 0 Å². The van der Waals surface area contributed by atoms with Crippen LogP contribution in [0.3, 0.4) is 0 Å². The van der Waals surface area contributed by atoms with Crippen LogP contribution in [0.25, 0.3) is 0 Å². The van der Waals surface area contributed by atoms with E-state index in [1.165, 1.54) is 0 Å². The van der Waals surface area contributed by atoms with Gasteiger partial charge < -0.3 is 5.11 Å². The molecule has 0 aliphatic carbocycles. The van der Waals surface area contributed by atoms with Gasteiger partial charge in [0, 0.05) is 6.54 Å². The van der Waals surface area contributed by atoms with E-state index in [1.54, 1.807) is 0 Å². The second-order valence-corrected chi connectivity index (χ2v) is 3.60. The molecule has 0 radical (unpaired) electrons. The van der Waals surface area contributed by atoms with Crippen LogP contribution in [0.4, 0.5) is 0 Å². The normalized spacial score (nSPS) is 15.9. The van der Waals surface area contributed by atoms with E-state index < -0.39 is 0 Å². The molecule has 0 amide bonds. The summed E-state index contributed by atoms with van der Waals surface area (Å²) >= 11 is 0. The molecular weight excluding hydrogens is 176 g/mol. The van der Waals surface area contributed by atoms with Gasteiger partial charge in [0.05, 0.1) is 12.3 Å². The van der Waals surface area contributed by atoms with Crippen molar-refractivity contribution in [2.45, 2.75) is 33.0 Å². The Labute approximate surface area is 88.0 Å². The highest BCUT2D eigenvalue weighted by Gasteiger charge is 2.24. The number of aliphatic hydroxyl groups excluding tert-OH is 1. The first-order valence-corrected chi connectivity index (χ1v) is 5.31. The summed E-state index contributed by atoms with van der Waals surface area (Å²) in [4.78, 5) is 4.36. The van der Waals surface area contributed by atoms with Crippen molar-refractivity contribution >= 4 is 0 Å². The van der Waals surface area contributed by atoms with Crippen LogP contribution < -0.4 is 0 Å². The molecule has 1 N–H and O–H groups in total. The molecule has 0 saturated heterocycles. The average Bonchev–Trinajstić information content (AvgIpc) is 2.16. The van der Waals surface area contributed by atoms with Crippen LogP contribution in [0.5, 0.6) is 0 Å². The molecule has 84 valence electrons. The van der Waals surface area contributed by atoms with Crippen molar-refractivity contribution in [3.63, 3.8) is 0 Å². The lowest BCUT2D eigenvalue weighted by Crippen LogP contribution is -2.52. The quantitative estimate of drug-likeness (QED) is 0.493. The molecule has 0 saturated carbocycles. The molecule has 2 atom stereocenters. The van der Waals surface area contributed by atoms with Crippen molar-refractivity contribution in [1.29, 1.82) is 0 Å². The summed E-state index contributed by atoms with van der Waals surface area (Å²) in [6, 6.07) is 0. The largest absolute Gasteiger partial charge is 0.390 e. The van der Waals surface area contributed by atoms with E-state index in [0.29, 0.717) is 0 Å². The molecule has 0 aliphatic rings. The molecule has 0 aromatic carbocycles. The molecule has 3 nitrogen and oxygen atoms in total. The zero-order valence-electron chi connectivity index (χ0n) is 9.90. The smallest absolute Gasteiger partial charge is 0.0887 e. The number of nitrogens with zero attached hydrogens (tertiary/aromatic N) is 2.